The van der Waals surface area contributed by atoms with Crippen molar-refractivity contribution < 1.29 is 8.78 Å². The van der Waals surface area contributed by atoms with E-state index in [2.05, 4.69) is 20.2 Å². The highest BCUT2D eigenvalue weighted by atomic mass is 32.1. The van der Waals surface area contributed by atoms with Crippen LogP contribution in [-0.4, -0.2) is 25.0 Å². The summed E-state index contributed by atoms with van der Waals surface area (Å²) in [6.07, 6.45) is 1.61. The number of nitrogen functional groups attached to an aromatic ring is 1. The van der Waals surface area contributed by atoms with E-state index in [0.29, 0.717) is 16.5 Å². The molecule has 25 heavy (non-hydrogen) atoms. The molecule has 128 valence electrons. The Balaban J connectivity index is 1.64. The summed E-state index contributed by atoms with van der Waals surface area (Å²) in [7, 11) is 0. The molecule has 3 heterocycles. The van der Waals surface area contributed by atoms with E-state index in [0.717, 1.165) is 34.7 Å². The van der Waals surface area contributed by atoms with Gasteiger partial charge in [-0.2, -0.15) is 23.8 Å². The first kappa shape index (κ1) is 15.7. The second-order valence-corrected chi connectivity index (χ2v) is 6.68. The fourth-order valence-corrected chi connectivity index (χ4v) is 3.48. The molecule has 4 aromatic rings. The van der Waals surface area contributed by atoms with Crippen molar-refractivity contribution in [2.45, 2.75) is 19.4 Å². The number of benzene rings is 1. The minimum absolute atomic E-state index is 0.225. The van der Waals surface area contributed by atoms with E-state index in [9.17, 15) is 8.78 Å². The Morgan fingerprint density at radius 2 is 2.12 bits per heavy atom. The maximum atomic E-state index is 13.3. The van der Waals surface area contributed by atoms with Crippen LogP contribution < -0.4 is 5.73 Å². The van der Waals surface area contributed by atoms with E-state index in [1.807, 2.05) is 24.3 Å². The molecule has 0 spiro atoms. The van der Waals surface area contributed by atoms with Gasteiger partial charge in [-0.3, -0.25) is 0 Å². The number of nitrogens with zero attached hydrogens (tertiary/aromatic N) is 4. The van der Waals surface area contributed by atoms with Gasteiger partial charge in [-0.15, -0.1) is 11.3 Å². The standard InChI is InChI=1S/C16H14F2N6S/c1-16(17,18)12-8-25-13(22-12)7-24-20-6-11(23-24)14-9-4-2-3-5-10(9)21-15(14)19/h2-6,8,21H,7,19H2,1H3. The van der Waals surface area contributed by atoms with Gasteiger partial charge in [0.25, 0.3) is 5.92 Å². The molecule has 3 aromatic heterocycles. The number of hydrogen-bond acceptors (Lipinski definition) is 5. The maximum Gasteiger partial charge on any atom is 0.287 e. The third-order valence-electron chi connectivity index (χ3n) is 3.81. The molecule has 0 amide bonds. The molecule has 6 nitrogen and oxygen atoms in total. The number of fused-ring (bicyclic) bond motifs is 1. The number of alkyl halides is 2. The third-order valence-corrected chi connectivity index (χ3v) is 4.64. The molecule has 0 unspecified atom stereocenters. The van der Waals surface area contributed by atoms with E-state index >= 15 is 0 Å². The Morgan fingerprint density at radius 3 is 2.88 bits per heavy atom. The van der Waals surface area contributed by atoms with Crippen molar-refractivity contribution in [3.63, 3.8) is 0 Å². The van der Waals surface area contributed by atoms with Gasteiger partial charge in [0, 0.05) is 23.2 Å². The van der Waals surface area contributed by atoms with Crippen molar-refractivity contribution in [2.75, 3.05) is 5.73 Å². The van der Waals surface area contributed by atoms with E-state index in [4.69, 9.17) is 5.73 Å². The first-order chi connectivity index (χ1) is 11.9. The lowest BCUT2D eigenvalue weighted by Crippen LogP contribution is -2.09. The third kappa shape index (κ3) is 2.86. The van der Waals surface area contributed by atoms with Gasteiger partial charge >= 0.3 is 0 Å². The van der Waals surface area contributed by atoms with Crippen LogP contribution in [0.25, 0.3) is 22.2 Å². The average Bonchev–Trinajstić information content (AvgIpc) is 3.24. The van der Waals surface area contributed by atoms with Crippen LogP contribution in [0.5, 0.6) is 0 Å². The number of nitrogens with two attached hydrogens (primary N) is 1. The molecule has 0 bridgehead atoms. The Bertz CT molecular complexity index is 1040. The molecule has 0 atom stereocenters. The number of anilines is 1. The summed E-state index contributed by atoms with van der Waals surface area (Å²) in [5.41, 5.74) is 8.15. The summed E-state index contributed by atoms with van der Waals surface area (Å²) >= 11 is 1.16. The van der Waals surface area contributed by atoms with Crippen molar-refractivity contribution in [3.8, 4) is 11.3 Å². The average molecular weight is 360 g/mol. The maximum absolute atomic E-state index is 13.3. The van der Waals surface area contributed by atoms with Crippen LogP contribution in [0.2, 0.25) is 0 Å². The zero-order chi connectivity index (χ0) is 17.6. The molecule has 0 fully saturated rings. The fraction of sp³-hybridized carbons (Fsp3) is 0.188. The summed E-state index contributed by atoms with van der Waals surface area (Å²) in [5.74, 6) is -2.44. The molecule has 0 aliphatic rings. The number of aromatic amines is 1. The van der Waals surface area contributed by atoms with Crippen molar-refractivity contribution >= 4 is 28.1 Å². The Morgan fingerprint density at radius 1 is 1.32 bits per heavy atom. The van der Waals surface area contributed by atoms with Crippen LogP contribution >= 0.6 is 11.3 Å². The highest BCUT2D eigenvalue weighted by Crippen LogP contribution is 2.32. The van der Waals surface area contributed by atoms with Crippen LogP contribution in [0.4, 0.5) is 14.6 Å². The predicted molar refractivity (Wildman–Crippen MR) is 92.5 cm³/mol. The zero-order valence-electron chi connectivity index (χ0n) is 13.2. The summed E-state index contributed by atoms with van der Waals surface area (Å²) in [5, 5.41) is 11.4. The van der Waals surface area contributed by atoms with Crippen molar-refractivity contribution in [3.05, 3.63) is 46.5 Å². The van der Waals surface area contributed by atoms with Gasteiger partial charge < -0.3 is 10.7 Å². The Kier molecular flexibility index (Phi) is 3.53. The molecular formula is C16H14F2N6S. The van der Waals surface area contributed by atoms with Crippen LogP contribution in [-0.2, 0) is 12.5 Å². The summed E-state index contributed by atoms with van der Waals surface area (Å²) in [4.78, 5) is 8.49. The predicted octanol–water partition coefficient (Wildman–Crippen LogP) is 3.63. The quantitative estimate of drug-likeness (QED) is 0.582. The Labute approximate surface area is 145 Å². The first-order valence-electron chi connectivity index (χ1n) is 7.51. The normalized spacial score (nSPS) is 12.1. The molecule has 0 aliphatic carbocycles. The molecule has 3 N–H and O–H groups in total. The summed E-state index contributed by atoms with van der Waals surface area (Å²) < 4.78 is 26.6. The van der Waals surface area contributed by atoms with Crippen molar-refractivity contribution in [1.82, 2.24) is 25.0 Å². The minimum Gasteiger partial charge on any atom is -0.385 e. The fourth-order valence-electron chi connectivity index (χ4n) is 2.63. The smallest absolute Gasteiger partial charge is 0.287 e. The minimum atomic E-state index is -2.95. The number of para-hydroxylation sites is 1. The zero-order valence-corrected chi connectivity index (χ0v) is 14.0. The monoisotopic (exact) mass is 360 g/mol. The van der Waals surface area contributed by atoms with Crippen LogP contribution in [0.15, 0.2) is 35.8 Å². The van der Waals surface area contributed by atoms with Crippen LogP contribution in [0, 0.1) is 0 Å². The van der Waals surface area contributed by atoms with Gasteiger partial charge in [-0.05, 0) is 6.07 Å². The lowest BCUT2D eigenvalue weighted by atomic mass is 10.1. The summed E-state index contributed by atoms with van der Waals surface area (Å²) in [6.45, 7) is 1.05. The number of rotatable bonds is 4. The van der Waals surface area contributed by atoms with Crippen LogP contribution in [0.1, 0.15) is 17.6 Å². The Hall–Kier alpha value is -2.81. The largest absolute Gasteiger partial charge is 0.385 e. The lowest BCUT2D eigenvalue weighted by Gasteiger charge is -2.04. The second-order valence-electron chi connectivity index (χ2n) is 5.73. The number of aromatic nitrogens is 5. The molecular weight excluding hydrogens is 346 g/mol. The number of halogens is 2. The van der Waals surface area contributed by atoms with Gasteiger partial charge in [-0.1, -0.05) is 18.2 Å². The second kappa shape index (κ2) is 5.62. The van der Waals surface area contributed by atoms with Crippen molar-refractivity contribution in [1.29, 1.82) is 0 Å². The highest BCUT2D eigenvalue weighted by molar-refractivity contribution is 7.09. The molecule has 9 heteroatoms. The number of hydrogen-bond donors (Lipinski definition) is 2. The number of nitrogens with one attached hydrogen (secondary N) is 1. The number of thiazole rings is 1. The van der Waals surface area contributed by atoms with Gasteiger partial charge in [0.15, 0.2) is 0 Å². The van der Waals surface area contributed by atoms with Gasteiger partial charge in [-0.25, -0.2) is 4.98 Å². The van der Waals surface area contributed by atoms with Crippen molar-refractivity contribution in [2.24, 2.45) is 0 Å². The summed E-state index contributed by atoms with van der Waals surface area (Å²) in [6, 6.07) is 7.72. The van der Waals surface area contributed by atoms with Crippen LogP contribution in [0.3, 0.4) is 0 Å². The number of H-pyrrole nitrogens is 1. The van der Waals surface area contributed by atoms with E-state index in [1.165, 1.54) is 10.2 Å². The van der Waals surface area contributed by atoms with E-state index < -0.39 is 5.92 Å². The van der Waals surface area contributed by atoms with E-state index in [-0.39, 0.29) is 12.2 Å². The molecule has 0 aliphatic heterocycles. The molecule has 0 saturated heterocycles. The van der Waals surface area contributed by atoms with E-state index in [1.54, 1.807) is 6.20 Å². The first-order valence-corrected chi connectivity index (χ1v) is 8.39. The van der Waals surface area contributed by atoms with Gasteiger partial charge in [0.05, 0.1) is 11.8 Å². The SMILES string of the molecule is CC(F)(F)c1csc(Cn2ncc(-c3c(N)[nH]c4ccccc34)n2)n1. The molecule has 4 rings (SSSR count). The highest BCUT2D eigenvalue weighted by Gasteiger charge is 2.27. The molecule has 1 aromatic carbocycles. The van der Waals surface area contributed by atoms with Gasteiger partial charge in [0.2, 0.25) is 0 Å². The topological polar surface area (TPSA) is 85.4 Å². The molecule has 0 saturated carbocycles. The lowest BCUT2D eigenvalue weighted by molar-refractivity contribution is 0.0132. The van der Waals surface area contributed by atoms with Gasteiger partial charge in [0.1, 0.15) is 28.8 Å². The molecule has 0 radical (unpaired) electrons.